The van der Waals surface area contributed by atoms with E-state index >= 15 is 0 Å². The van der Waals surface area contributed by atoms with Crippen molar-refractivity contribution in [3.05, 3.63) is 176 Å². The molecule has 0 fully saturated rings. The topological polar surface area (TPSA) is 0 Å². The van der Waals surface area contributed by atoms with Crippen molar-refractivity contribution in [2.75, 3.05) is 0 Å². The molecule has 0 saturated carbocycles. The molecule has 0 amide bonds. The summed E-state index contributed by atoms with van der Waals surface area (Å²) in [4.78, 5) is 0. The Morgan fingerprint density at radius 2 is 0.564 bits per heavy atom. The molecule has 0 heterocycles. The second-order valence-corrected chi connectivity index (χ2v) is 9.34. The van der Waals surface area contributed by atoms with Crippen LogP contribution in [0.1, 0.15) is 44.5 Å². The molecule has 0 saturated heterocycles. The van der Waals surface area contributed by atoms with Gasteiger partial charge in [-0.1, -0.05) is 114 Å². The fourth-order valence-corrected chi connectivity index (χ4v) is 4.11. The molecule has 0 bridgehead atoms. The second kappa shape index (κ2) is 12.9. The van der Waals surface area contributed by atoms with Gasteiger partial charge in [-0.2, -0.15) is 0 Å². The Bertz CT molecular complexity index is 1880. The van der Waals surface area contributed by atoms with Crippen LogP contribution < -0.4 is 0 Å². The first-order valence-corrected chi connectivity index (χ1v) is 13.2. The third-order valence-electron chi connectivity index (χ3n) is 5.77. The molecule has 0 aliphatic rings. The van der Waals surface area contributed by atoms with Crippen LogP contribution in [0.4, 0.5) is 0 Å². The largest absolute Gasteiger partial charge is 0.0622 e. The summed E-state index contributed by atoms with van der Waals surface area (Å²) in [6, 6.07) is 41.7. The fraction of sp³-hybridized carbons (Fsp3) is 0. The lowest BCUT2D eigenvalue weighted by Gasteiger charge is -1.99. The van der Waals surface area contributed by atoms with E-state index in [0.717, 1.165) is 49.0 Å². The van der Waals surface area contributed by atoms with Gasteiger partial charge in [0.25, 0.3) is 0 Å². The molecule has 1 heteroatoms. The Balaban J connectivity index is 1.44. The molecule has 5 aromatic carbocycles. The quantitative estimate of drug-likeness (QED) is 0.169. The van der Waals surface area contributed by atoms with Gasteiger partial charge in [-0.3, -0.25) is 0 Å². The van der Waals surface area contributed by atoms with Crippen molar-refractivity contribution in [2.45, 2.75) is 0 Å². The highest BCUT2D eigenvalue weighted by Crippen LogP contribution is 2.15. The van der Waals surface area contributed by atoms with Crippen molar-refractivity contribution in [2.24, 2.45) is 0 Å². The van der Waals surface area contributed by atoms with Crippen LogP contribution in [0.2, 0.25) is 0 Å². The van der Waals surface area contributed by atoms with Crippen molar-refractivity contribution in [3.63, 3.8) is 0 Å². The fourth-order valence-electron chi connectivity index (χ4n) is 3.73. The first-order chi connectivity index (χ1) is 19.3. The van der Waals surface area contributed by atoms with Gasteiger partial charge in [0, 0.05) is 49.0 Å². The first-order valence-electron chi connectivity index (χ1n) is 12.4. The van der Waals surface area contributed by atoms with Gasteiger partial charge in [-0.25, -0.2) is 0 Å². The molecule has 0 atom stereocenters. The van der Waals surface area contributed by atoms with E-state index in [-0.39, 0.29) is 0 Å². The lowest BCUT2D eigenvalue weighted by atomic mass is 10.0. The minimum atomic E-state index is 0.867. The molecule has 0 unspecified atom stereocenters. The maximum Gasteiger partial charge on any atom is 0.0405 e. The zero-order valence-corrected chi connectivity index (χ0v) is 22.6. The summed E-state index contributed by atoms with van der Waals surface area (Å²) in [5.41, 5.74) is 7.19. The molecule has 5 rings (SSSR count). The monoisotopic (exact) mass is 556 g/mol. The molecular weight excluding hydrogens is 536 g/mol. The molecule has 5 aromatic rings. The molecule has 0 radical (unpaired) electrons. The molecule has 0 aromatic heterocycles. The highest BCUT2D eigenvalue weighted by molar-refractivity contribution is 9.10. The van der Waals surface area contributed by atoms with Gasteiger partial charge in [-0.15, -0.1) is 0 Å². The molecule has 0 aliphatic heterocycles. The molecule has 39 heavy (non-hydrogen) atoms. The van der Waals surface area contributed by atoms with E-state index in [2.05, 4.69) is 63.3 Å². The van der Waals surface area contributed by atoms with Gasteiger partial charge in [-0.05, 0) is 76.6 Å². The molecular formula is C38H21Br. The summed E-state index contributed by atoms with van der Waals surface area (Å²) in [5, 5.41) is 0. The third kappa shape index (κ3) is 6.98. The predicted molar refractivity (Wildman–Crippen MR) is 164 cm³/mol. The smallest absolute Gasteiger partial charge is 0.0405 e. The van der Waals surface area contributed by atoms with Crippen LogP contribution in [0.25, 0.3) is 0 Å². The third-order valence-corrected chi connectivity index (χ3v) is 6.46. The normalized spacial score (nSPS) is 9.36. The van der Waals surface area contributed by atoms with Crippen LogP contribution in [-0.4, -0.2) is 0 Å². The Labute approximate surface area is 238 Å². The highest BCUT2D eigenvalue weighted by atomic mass is 79.9. The van der Waals surface area contributed by atoms with Crippen molar-refractivity contribution in [1.82, 2.24) is 0 Å². The maximum absolute atomic E-state index is 3.56. The van der Waals surface area contributed by atoms with Crippen molar-refractivity contribution < 1.29 is 0 Å². The predicted octanol–water partition coefficient (Wildman–Crippen LogP) is 8.05. The second-order valence-electron chi connectivity index (χ2n) is 8.48. The lowest BCUT2D eigenvalue weighted by Crippen LogP contribution is -1.87. The van der Waals surface area contributed by atoms with Gasteiger partial charge < -0.3 is 0 Å². The van der Waals surface area contributed by atoms with E-state index in [0.29, 0.717) is 0 Å². The maximum atomic E-state index is 3.56. The number of halogens is 1. The molecule has 0 N–H and O–H groups in total. The summed E-state index contributed by atoms with van der Waals surface area (Å²) in [6.45, 7) is 0. The van der Waals surface area contributed by atoms with Crippen molar-refractivity contribution >= 4 is 15.9 Å². The SMILES string of the molecule is Brc1ccccc1C#Cc1ccccc1C#Cc1ccccc1C#Cc1ccccc1C#Cc1ccccc1. The van der Waals surface area contributed by atoms with Crippen LogP contribution in [0.15, 0.2) is 132 Å². The summed E-state index contributed by atoms with van der Waals surface area (Å²) in [5.74, 6) is 26.3. The Kier molecular flexibility index (Phi) is 8.40. The minimum absolute atomic E-state index is 0.867. The van der Waals surface area contributed by atoms with Crippen molar-refractivity contribution in [3.8, 4) is 47.4 Å². The number of hydrogen-bond donors (Lipinski definition) is 0. The van der Waals surface area contributed by atoms with Crippen molar-refractivity contribution in [1.29, 1.82) is 0 Å². The van der Waals surface area contributed by atoms with E-state index in [1.165, 1.54) is 0 Å². The van der Waals surface area contributed by atoms with E-state index < -0.39 is 0 Å². The van der Waals surface area contributed by atoms with Gasteiger partial charge in [0.1, 0.15) is 0 Å². The van der Waals surface area contributed by atoms with E-state index in [9.17, 15) is 0 Å². The molecule has 0 aliphatic carbocycles. The number of benzene rings is 5. The summed E-state index contributed by atoms with van der Waals surface area (Å²) in [7, 11) is 0. The Morgan fingerprint density at radius 1 is 0.282 bits per heavy atom. The van der Waals surface area contributed by atoms with E-state index in [1.807, 2.05) is 127 Å². The van der Waals surface area contributed by atoms with Gasteiger partial charge >= 0.3 is 0 Å². The van der Waals surface area contributed by atoms with Gasteiger partial charge in [0.15, 0.2) is 0 Å². The van der Waals surface area contributed by atoms with Crippen LogP contribution in [0.5, 0.6) is 0 Å². The Hall–Kier alpha value is -5.18. The van der Waals surface area contributed by atoms with E-state index in [4.69, 9.17) is 0 Å². The van der Waals surface area contributed by atoms with Crippen LogP contribution in [-0.2, 0) is 0 Å². The van der Waals surface area contributed by atoms with E-state index in [1.54, 1.807) is 0 Å². The minimum Gasteiger partial charge on any atom is -0.0622 e. The van der Waals surface area contributed by atoms with Crippen LogP contribution in [0.3, 0.4) is 0 Å². The lowest BCUT2D eigenvalue weighted by molar-refractivity contribution is 1.55. The van der Waals surface area contributed by atoms with Crippen LogP contribution in [0, 0.1) is 47.4 Å². The summed E-state index contributed by atoms with van der Waals surface area (Å²) >= 11 is 3.56. The zero-order valence-electron chi connectivity index (χ0n) is 21.0. The van der Waals surface area contributed by atoms with Gasteiger partial charge in [0.2, 0.25) is 0 Å². The Morgan fingerprint density at radius 3 is 0.949 bits per heavy atom. The molecule has 0 spiro atoms. The molecule has 0 nitrogen and oxygen atoms in total. The zero-order chi connectivity index (χ0) is 26.7. The highest BCUT2D eigenvalue weighted by Gasteiger charge is 2.00. The average Bonchev–Trinajstić information content (AvgIpc) is 2.99. The summed E-state index contributed by atoms with van der Waals surface area (Å²) < 4.78 is 0.973. The van der Waals surface area contributed by atoms with Gasteiger partial charge in [0.05, 0.1) is 0 Å². The molecule has 180 valence electrons. The standard InChI is InChI=1S/C38H21Br/c39-38-21-11-10-20-37(38)29-28-36-19-9-8-18-35(36)27-26-34-17-7-6-16-33(34)25-24-32-15-5-4-14-31(32)23-22-30-12-2-1-3-13-30/h1-21H. The number of hydrogen-bond acceptors (Lipinski definition) is 0. The first kappa shape index (κ1) is 25.5. The van der Waals surface area contributed by atoms with Crippen LogP contribution >= 0.6 is 15.9 Å². The number of rotatable bonds is 0. The summed E-state index contributed by atoms with van der Waals surface area (Å²) in [6.07, 6.45) is 0. The average molecular weight is 557 g/mol.